The Labute approximate surface area is 195 Å². The zero-order valence-corrected chi connectivity index (χ0v) is 20.6. The van der Waals surface area contributed by atoms with Crippen LogP contribution < -0.4 is 5.32 Å². The topological polar surface area (TPSA) is 64.6 Å². The Kier molecular flexibility index (Phi) is 6.00. The van der Waals surface area contributed by atoms with E-state index < -0.39 is 9.62 Å². The first-order valence-corrected chi connectivity index (χ1v) is 12.7. The number of hydrogen-bond donors (Lipinski definition) is 1. The highest BCUT2D eigenvalue weighted by molar-refractivity contribution is 8.25. The van der Waals surface area contributed by atoms with Crippen molar-refractivity contribution in [1.82, 2.24) is 0 Å². The Morgan fingerprint density at radius 2 is 1.74 bits per heavy atom. The molecule has 3 heterocycles. The summed E-state index contributed by atoms with van der Waals surface area (Å²) >= 11 is 4.44. The normalized spacial score (nSPS) is 23.4. The van der Waals surface area contributed by atoms with Crippen LogP contribution in [0.25, 0.3) is 5.57 Å². The van der Waals surface area contributed by atoms with Crippen LogP contribution in [-0.4, -0.2) is 34.8 Å². The molecule has 1 aromatic rings. The molecule has 1 spiro atoms. The molecule has 4 rings (SSSR count). The van der Waals surface area contributed by atoms with Crippen molar-refractivity contribution in [3.63, 3.8) is 0 Å². The third kappa shape index (κ3) is 3.94. The predicted molar refractivity (Wildman–Crippen MR) is 131 cm³/mol. The van der Waals surface area contributed by atoms with Gasteiger partial charge in [0.1, 0.15) is 8.98 Å². The number of nitrogens with one attached hydrogen (secondary N) is 1. The van der Waals surface area contributed by atoms with Gasteiger partial charge in [-0.1, -0.05) is 35.2 Å². The Bertz CT molecular complexity index is 1060. The summed E-state index contributed by atoms with van der Waals surface area (Å²) in [6.07, 6.45) is 1.96. The highest BCUT2D eigenvalue weighted by Gasteiger charge is 2.51. The molecule has 0 saturated carbocycles. The molecule has 0 fully saturated rings. The summed E-state index contributed by atoms with van der Waals surface area (Å²) in [6, 6.07) is 6.36. The molecule has 31 heavy (non-hydrogen) atoms. The van der Waals surface area contributed by atoms with E-state index in [0.717, 1.165) is 27.3 Å². The average Bonchev–Trinajstić information content (AvgIpc) is 3.13. The highest BCUT2D eigenvalue weighted by Crippen LogP contribution is 2.65. The number of carbonyl (C=O) groups excluding carboxylic acids is 2. The molecule has 1 atom stereocenters. The van der Waals surface area contributed by atoms with Crippen molar-refractivity contribution in [2.45, 2.75) is 44.2 Å². The number of anilines is 1. The van der Waals surface area contributed by atoms with E-state index in [1.807, 2.05) is 11.5 Å². The third-order valence-electron chi connectivity index (χ3n) is 5.12. The maximum Gasteiger partial charge on any atom is 0.345 e. The fraction of sp³-hybridized carbons (Fsp3) is 0.391. The van der Waals surface area contributed by atoms with Gasteiger partial charge in [-0.05, 0) is 58.2 Å². The van der Waals surface area contributed by atoms with E-state index in [9.17, 15) is 9.59 Å². The molecule has 0 radical (unpaired) electrons. The smallest absolute Gasteiger partial charge is 0.345 e. The molecule has 1 aromatic carbocycles. The fourth-order valence-electron chi connectivity index (χ4n) is 3.83. The van der Waals surface area contributed by atoms with Crippen LogP contribution in [0.1, 0.15) is 38.8 Å². The first kappa shape index (κ1) is 22.4. The second kappa shape index (κ2) is 8.30. The number of thioether (sulfide) groups is 3. The molecule has 0 saturated heterocycles. The fourth-order valence-corrected chi connectivity index (χ4v) is 8.18. The van der Waals surface area contributed by atoms with Gasteiger partial charge in [0.2, 0.25) is 0 Å². The van der Waals surface area contributed by atoms with Crippen molar-refractivity contribution in [3.8, 4) is 0 Å². The number of esters is 2. The molecule has 0 aliphatic carbocycles. The summed E-state index contributed by atoms with van der Waals surface area (Å²) in [5.41, 5.74) is 4.03. The number of aryl methyl sites for hydroxylation is 1. The largest absolute Gasteiger partial charge is 0.462 e. The summed E-state index contributed by atoms with van der Waals surface area (Å²) < 4.78 is 9.94. The second-order valence-corrected chi connectivity index (χ2v) is 11.6. The van der Waals surface area contributed by atoms with Gasteiger partial charge in [0.15, 0.2) is 0 Å². The standard InChI is InChI=1S/C23H25NO4S3/c1-6-27-20(25)16-11-23(29-12-17(31-23)21(26)28-7-2)18-14-10-13(3)8-9-15(14)24-22(4,5)19(18)30-16/h8-12,24H,6-7H2,1-5H3/t23-/m0/s1. The first-order chi connectivity index (χ1) is 14.7. The Morgan fingerprint density at radius 1 is 1.06 bits per heavy atom. The van der Waals surface area contributed by atoms with E-state index in [1.54, 1.807) is 25.6 Å². The second-order valence-electron chi connectivity index (χ2n) is 7.92. The lowest BCUT2D eigenvalue weighted by molar-refractivity contribution is -0.138. The maximum atomic E-state index is 12.8. The third-order valence-corrected chi connectivity index (χ3v) is 9.39. The molecule has 0 amide bonds. The van der Waals surface area contributed by atoms with Gasteiger partial charge >= 0.3 is 11.9 Å². The van der Waals surface area contributed by atoms with Crippen molar-refractivity contribution in [2.24, 2.45) is 0 Å². The zero-order chi connectivity index (χ0) is 22.4. The van der Waals surface area contributed by atoms with Gasteiger partial charge < -0.3 is 14.8 Å². The molecule has 0 aromatic heterocycles. The van der Waals surface area contributed by atoms with Gasteiger partial charge in [0, 0.05) is 21.7 Å². The summed E-state index contributed by atoms with van der Waals surface area (Å²) in [4.78, 5) is 27.4. The number of hydrogen-bond acceptors (Lipinski definition) is 8. The predicted octanol–water partition coefficient (Wildman–Crippen LogP) is 5.68. The Balaban J connectivity index is 1.88. The van der Waals surface area contributed by atoms with Crippen molar-refractivity contribution in [1.29, 1.82) is 0 Å². The highest BCUT2D eigenvalue weighted by atomic mass is 32.2. The summed E-state index contributed by atoms with van der Waals surface area (Å²) in [6.45, 7) is 10.5. The van der Waals surface area contributed by atoms with Gasteiger partial charge in [0.25, 0.3) is 0 Å². The lowest BCUT2D eigenvalue weighted by atomic mass is 9.86. The molecule has 1 N–H and O–H groups in total. The van der Waals surface area contributed by atoms with Gasteiger partial charge in [0.05, 0.1) is 23.7 Å². The number of benzene rings is 1. The van der Waals surface area contributed by atoms with Crippen molar-refractivity contribution >= 4 is 58.5 Å². The van der Waals surface area contributed by atoms with Crippen LogP contribution in [0.5, 0.6) is 0 Å². The molecule has 3 aliphatic rings. The number of fused-ring (bicyclic) bond motifs is 3. The molecule has 0 unspecified atom stereocenters. The molecule has 164 valence electrons. The van der Waals surface area contributed by atoms with E-state index in [1.165, 1.54) is 23.5 Å². The van der Waals surface area contributed by atoms with Crippen LogP contribution >= 0.6 is 35.3 Å². The monoisotopic (exact) mass is 475 g/mol. The van der Waals surface area contributed by atoms with Crippen molar-refractivity contribution in [2.75, 3.05) is 18.5 Å². The minimum absolute atomic E-state index is 0.311. The lowest BCUT2D eigenvalue weighted by Gasteiger charge is -2.44. The van der Waals surface area contributed by atoms with Crippen LogP contribution in [0.15, 0.2) is 44.4 Å². The number of rotatable bonds is 4. The van der Waals surface area contributed by atoms with Crippen LogP contribution in [0.2, 0.25) is 0 Å². The van der Waals surface area contributed by atoms with Crippen LogP contribution in [0.3, 0.4) is 0 Å². The van der Waals surface area contributed by atoms with Gasteiger partial charge in [-0.15, -0.1) is 11.8 Å². The van der Waals surface area contributed by atoms with Crippen LogP contribution in [0, 0.1) is 6.92 Å². The SMILES string of the molecule is CCOC(=O)C1=C[C@@]2(SC=C(C(=O)OCC)S2)C2=C(S1)C(C)(C)Nc1ccc(C)cc12. The van der Waals surface area contributed by atoms with Crippen LogP contribution in [0.4, 0.5) is 5.69 Å². The van der Waals surface area contributed by atoms with E-state index in [-0.39, 0.29) is 11.9 Å². The maximum absolute atomic E-state index is 12.8. The van der Waals surface area contributed by atoms with Gasteiger partial charge in [-0.2, -0.15) is 0 Å². The first-order valence-electron chi connectivity index (χ1n) is 10.2. The molecular formula is C23H25NO4S3. The number of carbonyl (C=O) groups is 2. The summed E-state index contributed by atoms with van der Waals surface area (Å²) in [5, 5.41) is 5.48. The molecule has 0 bridgehead atoms. The van der Waals surface area contributed by atoms with E-state index in [0.29, 0.717) is 23.0 Å². The molecule has 3 aliphatic heterocycles. The van der Waals surface area contributed by atoms with Crippen LogP contribution in [-0.2, 0) is 19.1 Å². The number of ether oxygens (including phenoxy) is 2. The minimum atomic E-state index is -0.646. The quantitative estimate of drug-likeness (QED) is 0.558. The van der Waals surface area contributed by atoms with E-state index in [4.69, 9.17) is 9.47 Å². The van der Waals surface area contributed by atoms with Crippen molar-refractivity contribution in [3.05, 3.63) is 55.5 Å². The lowest BCUT2D eigenvalue weighted by Crippen LogP contribution is -2.40. The Hall–Kier alpha value is -1.77. The van der Waals surface area contributed by atoms with Crippen molar-refractivity contribution < 1.29 is 19.1 Å². The van der Waals surface area contributed by atoms with Gasteiger partial charge in [-0.3, -0.25) is 0 Å². The minimum Gasteiger partial charge on any atom is -0.462 e. The Morgan fingerprint density at radius 3 is 2.42 bits per heavy atom. The van der Waals surface area contributed by atoms with E-state index in [2.05, 4.69) is 44.3 Å². The van der Waals surface area contributed by atoms with Gasteiger partial charge in [-0.25, -0.2) is 9.59 Å². The summed E-state index contributed by atoms with van der Waals surface area (Å²) in [5.74, 6) is -0.670. The van der Waals surface area contributed by atoms with E-state index >= 15 is 0 Å². The molecule has 5 nitrogen and oxygen atoms in total. The zero-order valence-electron chi connectivity index (χ0n) is 18.2. The summed E-state index contributed by atoms with van der Waals surface area (Å²) in [7, 11) is 0. The average molecular weight is 476 g/mol. The molecular weight excluding hydrogens is 450 g/mol. The molecule has 8 heteroatoms.